The number of nitrogens with one attached hydrogen (secondary N) is 1. The molecule has 1 amide bonds. The van der Waals surface area contributed by atoms with Gasteiger partial charge in [0.1, 0.15) is 6.04 Å². The Morgan fingerprint density at radius 1 is 1.24 bits per heavy atom. The minimum Gasteiger partial charge on any atom is -0.381 e. The van der Waals surface area contributed by atoms with Crippen LogP contribution in [-0.4, -0.2) is 29.3 Å². The Balaban J connectivity index is 1.85. The molecule has 1 saturated heterocycles. The van der Waals surface area contributed by atoms with E-state index >= 15 is 0 Å². The number of ether oxygens (including phenoxy) is 1. The maximum absolute atomic E-state index is 12.8. The Morgan fingerprint density at radius 2 is 1.96 bits per heavy atom. The van der Waals surface area contributed by atoms with Gasteiger partial charge >= 0.3 is 0 Å². The van der Waals surface area contributed by atoms with Gasteiger partial charge in [-0.25, -0.2) is 0 Å². The molecule has 1 fully saturated rings. The zero-order valence-corrected chi connectivity index (χ0v) is 15.0. The minimum atomic E-state index is -0.295. The van der Waals surface area contributed by atoms with Gasteiger partial charge in [-0.15, -0.1) is 0 Å². The van der Waals surface area contributed by atoms with Crippen LogP contribution < -0.4 is 5.32 Å². The fraction of sp³-hybridized carbons (Fsp3) is 0.526. The van der Waals surface area contributed by atoms with Gasteiger partial charge in [0.05, 0.1) is 0 Å². The van der Waals surface area contributed by atoms with Crippen LogP contribution in [0.2, 0.25) is 0 Å². The predicted molar refractivity (Wildman–Crippen MR) is 93.3 cm³/mol. The Labute approximate surface area is 148 Å². The van der Waals surface area contributed by atoms with Gasteiger partial charge in [-0.2, -0.15) is 4.98 Å². The molecular weight excluding hydrogens is 318 g/mol. The van der Waals surface area contributed by atoms with Crippen molar-refractivity contribution in [3.63, 3.8) is 0 Å². The number of hydrogen-bond acceptors (Lipinski definition) is 5. The number of carbonyl (C=O) groups excluding carboxylic acids is 1. The van der Waals surface area contributed by atoms with Crippen LogP contribution in [0.4, 0.5) is 0 Å². The number of hydrogen-bond donors (Lipinski definition) is 1. The van der Waals surface area contributed by atoms with Crippen molar-refractivity contribution in [3.05, 3.63) is 47.1 Å². The summed E-state index contributed by atoms with van der Waals surface area (Å²) < 4.78 is 11.0. The van der Waals surface area contributed by atoms with E-state index in [1.807, 2.05) is 45.0 Å². The molecule has 2 heterocycles. The lowest BCUT2D eigenvalue weighted by Gasteiger charge is -2.28. The molecule has 3 rings (SSSR count). The van der Waals surface area contributed by atoms with Crippen LogP contribution in [-0.2, 0) is 4.74 Å². The van der Waals surface area contributed by atoms with Crippen LogP contribution in [0.5, 0.6) is 0 Å². The van der Waals surface area contributed by atoms with Crippen molar-refractivity contribution >= 4 is 5.91 Å². The van der Waals surface area contributed by atoms with Gasteiger partial charge in [0, 0.05) is 24.7 Å². The van der Waals surface area contributed by atoms with Crippen molar-refractivity contribution in [2.75, 3.05) is 13.2 Å². The van der Waals surface area contributed by atoms with E-state index in [0.717, 1.165) is 18.4 Å². The molecule has 0 spiro atoms. The lowest BCUT2D eigenvalue weighted by atomic mass is 9.91. The third-order valence-corrected chi connectivity index (χ3v) is 4.65. The van der Waals surface area contributed by atoms with Crippen molar-refractivity contribution in [2.45, 2.75) is 45.6 Å². The van der Waals surface area contributed by atoms with Crippen LogP contribution in [0, 0.1) is 12.8 Å². The highest BCUT2D eigenvalue weighted by Crippen LogP contribution is 2.30. The van der Waals surface area contributed by atoms with Crippen molar-refractivity contribution in [1.29, 1.82) is 0 Å². The maximum atomic E-state index is 12.8. The number of aromatic nitrogens is 2. The molecule has 134 valence electrons. The molecule has 2 aromatic rings. The number of amides is 1. The molecule has 1 aliphatic rings. The van der Waals surface area contributed by atoms with Gasteiger partial charge < -0.3 is 14.6 Å². The van der Waals surface area contributed by atoms with Gasteiger partial charge in [0.15, 0.2) is 5.82 Å². The molecule has 0 bridgehead atoms. The quantitative estimate of drug-likeness (QED) is 0.900. The SMILES string of the molecule is Cc1ccccc1C(=O)N[C@@H](c1nc(C(C)C)no1)C1CCOCC1. The van der Waals surface area contributed by atoms with Gasteiger partial charge in [0.2, 0.25) is 5.89 Å². The third kappa shape index (κ3) is 4.07. The smallest absolute Gasteiger partial charge is 0.252 e. The summed E-state index contributed by atoms with van der Waals surface area (Å²) in [4.78, 5) is 17.3. The molecule has 1 N–H and O–H groups in total. The molecule has 0 saturated carbocycles. The zero-order chi connectivity index (χ0) is 17.8. The normalized spacial score (nSPS) is 16.8. The molecule has 25 heavy (non-hydrogen) atoms. The first-order chi connectivity index (χ1) is 12.1. The van der Waals surface area contributed by atoms with E-state index in [-0.39, 0.29) is 23.8 Å². The van der Waals surface area contributed by atoms with Crippen molar-refractivity contribution in [1.82, 2.24) is 15.5 Å². The lowest BCUT2D eigenvalue weighted by molar-refractivity contribution is 0.0467. The molecular formula is C19H25N3O3. The minimum absolute atomic E-state index is 0.112. The standard InChI is InChI=1S/C19H25N3O3/c1-12(2)17-21-19(25-22-17)16(14-8-10-24-11-9-14)20-18(23)15-7-5-4-6-13(15)3/h4-7,12,14,16H,8-11H2,1-3H3,(H,20,23)/t16-/m1/s1. The van der Waals surface area contributed by atoms with E-state index in [1.165, 1.54) is 0 Å². The lowest BCUT2D eigenvalue weighted by Crippen LogP contribution is -2.36. The van der Waals surface area contributed by atoms with E-state index < -0.39 is 0 Å². The summed E-state index contributed by atoms with van der Waals surface area (Å²) in [5.41, 5.74) is 1.61. The van der Waals surface area contributed by atoms with Crippen molar-refractivity contribution in [3.8, 4) is 0 Å². The molecule has 0 aliphatic carbocycles. The predicted octanol–water partition coefficient (Wildman–Crippen LogP) is 3.40. The number of aryl methyl sites for hydroxylation is 1. The maximum Gasteiger partial charge on any atom is 0.252 e. The van der Waals surface area contributed by atoms with Crippen LogP contribution >= 0.6 is 0 Å². The number of carbonyl (C=O) groups is 1. The molecule has 0 unspecified atom stereocenters. The van der Waals surface area contributed by atoms with Crippen molar-refractivity contribution in [2.24, 2.45) is 5.92 Å². The van der Waals surface area contributed by atoms with E-state index in [9.17, 15) is 4.79 Å². The van der Waals surface area contributed by atoms with Gasteiger partial charge in [-0.1, -0.05) is 37.2 Å². The number of rotatable bonds is 5. The first kappa shape index (κ1) is 17.6. The molecule has 1 aliphatic heterocycles. The Kier molecular flexibility index (Phi) is 5.48. The first-order valence-electron chi connectivity index (χ1n) is 8.84. The molecule has 6 nitrogen and oxygen atoms in total. The van der Waals surface area contributed by atoms with E-state index in [1.54, 1.807) is 0 Å². The summed E-state index contributed by atoms with van der Waals surface area (Å²) in [7, 11) is 0. The van der Waals surface area contributed by atoms with Crippen LogP contribution in [0.25, 0.3) is 0 Å². The summed E-state index contributed by atoms with van der Waals surface area (Å²) in [6.07, 6.45) is 1.72. The Morgan fingerprint density at radius 3 is 2.60 bits per heavy atom. The molecule has 6 heteroatoms. The van der Waals surface area contributed by atoms with E-state index in [0.29, 0.717) is 30.5 Å². The average Bonchev–Trinajstić information content (AvgIpc) is 3.11. The average molecular weight is 343 g/mol. The van der Waals surface area contributed by atoms with Crippen LogP contribution in [0.15, 0.2) is 28.8 Å². The van der Waals surface area contributed by atoms with Gasteiger partial charge in [-0.3, -0.25) is 4.79 Å². The summed E-state index contributed by atoms with van der Waals surface area (Å²) >= 11 is 0. The second kappa shape index (κ2) is 7.78. The van der Waals surface area contributed by atoms with Crippen LogP contribution in [0.1, 0.15) is 66.3 Å². The summed E-state index contributed by atoms with van der Waals surface area (Å²) in [6.45, 7) is 7.34. The summed E-state index contributed by atoms with van der Waals surface area (Å²) in [5.74, 6) is 1.44. The fourth-order valence-corrected chi connectivity index (χ4v) is 3.09. The fourth-order valence-electron chi connectivity index (χ4n) is 3.09. The first-order valence-corrected chi connectivity index (χ1v) is 8.84. The Bertz CT molecular complexity index is 720. The molecule has 1 aromatic carbocycles. The summed E-state index contributed by atoms with van der Waals surface area (Å²) in [6, 6.07) is 7.27. The van der Waals surface area contributed by atoms with Gasteiger partial charge in [0.25, 0.3) is 5.91 Å². The highest BCUT2D eigenvalue weighted by atomic mass is 16.5. The summed E-state index contributed by atoms with van der Waals surface area (Å²) in [5, 5.41) is 7.18. The monoisotopic (exact) mass is 343 g/mol. The molecule has 1 atom stereocenters. The zero-order valence-electron chi connectivity index (χ0n) is 15.0. The van der Waals surface area contributed by atoms with Crippen molar-refractivity contribution < 1.29 is 14.1 Å². The van der Waals surface area contributed by atoms with E-state index in [4.69, 9.17) is 9.26 Å². The van der Waals surface area contributed by atoms with E-state index in [2.05, 4.69) is 15.5 Å². The highest BCUT2D eigenvalue weighted by molar-refractivity contribution is 5.95. The number of nitrogens with zero attached hydrogens (tertiary/aromatic N) is 2. The van der Waals surface area contributed by atoms with Gasteiger partial charge in [-0.05, 0) is 37.3 Å². The highest BCUT2D eigenvalue weighted by Gasteiger charge is 2.32. The number of benzene rings is 1. The molecule has 1 aromatic heterocycles. The van der Waals surface area contributed by atoms with Crippen LogP contribution in [0.3, 0.4) is 0 Å². The topological polar surface area (TPSA) is 77.3 Å². The Hall–Kier alpha value is -2.21. The largest absolute Gasteiger partial charge is 0.381 e. The molecule has 0 radical (unpaired) electrons. The second-order valence-electron chi connectivity index (χ2n) is 6.86. The third-order valence-electron chi connectivity index (χ3n) is 4.65. The second-order valence-corrected chi connectivity index (χ2v) is 6.86.